The van der Waals surface area contributed by atoms with Crippen molar-refractivity contribution in [3.8, 4) is 0 Å². The van der Waals surface area contributed by atoms with Gasteiger partial charge in [-0.05, 0) is 25.1 Å². The number of aliphatic hydroxyl groups is 1. The summed E-state index contributed by atoms with van der Waals surface area (Å²) in [4.78, 5) is 10.1. The lowest BCUT2D eigenvalue weighted by atomic mass is 10.0. The zero-order chi connectivity index (χ0) is 11.4. The number of hydrogen-bond acceptors (Lipinski definition) is 4. The number of nitrogens with zero attached hydrogens (tertiary/aromatic N) is 1. The molecule has 1 aromatic carbocycles. The Morgan fingerprint density at radius 2 is 2.27 bits per heavy atom. The summed E-state index contributed by atoms with van der Waals surface area (Å²) < 4.78 is 0. The van der Waals surface area contributed by atoms with Crippen LogP contribution in [0.5, 0.6) is 0 Å². The van der Waals surface area contributed by atoms with Crippen molar-refractivity contribution in [3.63, 3.8) is 0 Å². The first-order valence-electron chi connectivity index (χ1n) is 4.38. The minimum atomic E-state index is -0.950. The van der Waals surface area contributed by atoms with E-state index in [1.165, 1.54) is 18.2 Å². The first-order chi connectivity index (χ1) is 7.06. The molecule has 0 radical (unpaired) electrons. The molecule has 82 valence electrons. The number of nitrogens with two attached hydrogens (primary N) is 1. The van der Waals surface area contributed by atoms with E-state index in [0.717, 1.165) is 0 Å². The smallest absolute Gasteiger partial charge is 0.275 e. The zero-order valence-electron chi connectivity index (χ0n) is 7.89. The molecule has 1 atom stereocenters. The molecule has 0 fully saturated rings. The molecule has 0 amide bonds. The highest BCUT2D eigenvalue weighted by atomic mass is 35.5. The minimum absolute atomic E-state index is 0.139. The second-order valence-electron chi connectivity index (χ2n) is 3.05. The average molecular weight is 231 g/mol. The predicted octanol–water partition coefficient (Wildman–Crippen LogP) is 1.63. The zero-order valence-corrected chi connectivity index (χ0v) is 8.65. The number of rotatable bonds is 4. The fourth-order valence-corrected chi connectivity index (χ4v) is 1.45. The maximum absolute atomic E-state index is 10.7. The molecule has 15 heavy (non-hydrogen) atoms. The maximum atomic E-state index is 10.7. The topological polar surface area (TPSA) is 89.4 Å². The number of nitro benzene ring substituents is 1. The molecule has 0 unspecified atom stereocenters. The van der Waals surface area contributed by atoms with Crippen LogP contribution in [0.4, 0.5) is 5.69 Å². The third-order valence-corrected chi connectivity index (χ3v) is 2.22. The van der Waals surface area contributed by atoms with Gasteiger partial charge in [0.05, 0.1) is 16.6 Å². The van der Waals surface area contributed by atoms with Gasteiger partial charge in [0.15, 0.2) is 0 Å². The normalized spacial score (nSPS) is 12.5. The molecule has 5 nitrogen and oxygen atoms in total. The monoisotopic (exact) mass is 230 g/mol. The lowest BCUT2D eigenvalue weighted by Crippen LogP contribution is -2.08. The molecule has 0 saturated heterocycles. The van der Waals surface area contributed by atoms with Crippen LogP contribution in [0.25, 0.3) is 0 Å². The molecule has 3 N–H and O–H groups in total. The van der Waals surface area contributed by atoms with Crippen molar-refractivity contribution in [1.29, 1.82) is 0 Å². The van der Waals surface area contributed by atoms with E-state index in [2.05, 4.69) is 0 Å². The van der Waals surface area contributed by atoms with Gasteiger partial charge in [0.2, 0.25) is 0 Å². The second kappa shape index (κ2) is 5.06. The lowest BCUT2D eigenvalue weighted by molar-refractivity contribution is -0.386. The van der Waals surface area contributed by atoms with Gasteiger partial charge < -0.3 is 10.8 Å². The Hall–Kier alpha value is -1.17. The van der Waals surface area contributed by atoms with E-state index in [0.29, 0.717) is 5.02 Å². The van der Waals surface area contributed by atoms with Crippen LogP contribution in [0.2, 0.25) is 5.02 Å². The maximum Gasteiger partial charge on any atom is 0.275 e. The van der Waals surface area contributed by atoms with Gasteiger partial charge in [-0.3, -0.25) is 10.1 Å². The van der Waals surface area contributed by atoms with E-state index in [1.807, 2.05) is 0 Å². The predicted molar refractivity (Wildman–Crippen MR) is 56.7 cm³/mol. The fraction of sp³-hybridized carbons (Fsp3) is 0.333. The molecule has 0 spiro atoms. The summed E-state index contributed by atoms with van der Waals surface area (Å²) in [5.74, 6) is 0. The number of aliphatic hydroxyl groups excluding tert-OH is 1. The van der Waals surface area contributed by atoms with Gasteiger partial charge in [-0.25, -0.2) is 0 Å². The van der Waals surface area contributed by atoms with Gasteiger partial charge >= 0.3 is 0 Å². The molecular formula is C9H11ClN2O3. The van der Waals surface area contributed by atoms with E-state index in [9.17, 15) is 15.2 Å². The standard InChI is InChI=1S/C9H11ClN2O3/c10-6-1-2-8(12(14)15)7(5-6)9(13)3-4-11/h1-2,5,9,13H,3-4,11H2/t9-/m0/s1. The Balaban J connectivity index is 3.12. The Bertz CT molecular complexity index is 370. The summed E-state index contributed by atoms with van der Waals surface area (Å²) in [5, 5.41) is 20.6. The molecule has 0 bridgehead atoms. The van der Waals surface area contributed by atoms with Gasteiger partial charge in [0, 0.05) is 11.1 Å². The Labute approximate surface area is 91.6 Å². The highest BCUT2D eigenvalue weighted by Crippen LogP contribution is 2.29. The highest BCUT2D eigenvalue weighted by Gasteiger charge is 2.19. The van der Waals surface area contributed by atoms with E-state index < -0.39 is 11.0 Å². The van der Waals surface area contributed by atoms with Gasteiger partial charge in [-0.15, -0.1) is 0 Å². The highest BCUT2D eigenvalue weighted by molar-refractivity contribution is 6.30. The van der Waals surface area contributed by atoms with Gasteiger partial charge in [-0.2, -0.15) is 0 Å². The van der Waals surface area contributed by atoms with Gasteiger partial charge in [-0.1, -0.05) is 11.6 Å². The molecule has 0 saturated carbocycles. The van der Waals surface area contributed by atoms with Crippen LogP contribution in [0.15, 0.2) is 18.2 Å². The molecule has 0 aliphatic heterocycles. The van der Waals surface area contributed by atoms with Crippen molar-refractivity contribution in [3.05, 3.63) is 38.9 Å². The minimum Gasteiger partial charge on any atom is -0.388 e. The van der Waals surface area contributed by atoms with Crippen LogP contribution in [-0.2, 0) is 0 Å². The van der Waals surface area contributed by atoms with E-state index >= 15 is 0 Å². The molecule has 6 heteroatoms. The summed E-state index contributed by atoms with van der Waals surface area (Å²) in [5.41, 5.74) is 5.34. The molecule has 0 heterocycles. The lowest BCUT2D eigenvalue weighted by Gasteiger charge is -2.10. The summed E-state index contributed by atoms with van der Waals surface area (Å²) in [7, 11) is 0. The summed E-state index contributed by atoms with van der Waals surface area (Å²) in [6, 6.07) is 4.08. The third-order valence-electron chi connectivity index (χ3n) is 1.99. The van der Waals surface area contributed by atoms with Crippen molar-refractivity contribution in [2.45, 2.75) is 12.5 Å². The Kier molecular flexibility index (Phi) is 4.02. The van der Waals surface area contributed by atoms with Crippen molar-refractivity contribution in [1.82, 2.24) is 0 Å². The summed E-state index contributed by atoms with van der Waals surface area (Å²) >= 11 is 5.70. The summed E-state index contributed by atoms with van der Waals surface area (Å²) in [6.07, 6.45) is -0.685. The molecule has 1 rings (SSSR count). The van der Waals surface area contributed by atoms with Crippen molar-refractivity contribution in [2.24, 2.45) is 5.73 Å². The fourth-order valence-electron chi connectivity index (χ4n) is 1.27. The van der Waals surface area contributed by atoms with Crippen molar-refractivity contribution in [2.75, 3.05) is 6.54 Å². The largest absolute Gasteiger partial charge is 0.388 e. The van der Waals surface area contributed by atoms with Gasteiger partial charge in [0.1, 0.15) is 0 Å². The SMILES string of the molecule is NCC[C@H](O)c1cc(Cl)ccc1[N+](=O)[O-]. The quantitative estimate of drug-likeness (QED) is 0.608. The van der Waals surface area contributed by atoms with Gasteiger partial charge in [0.25, 0.3) is 5.69 Å². The second-order valence-corrected chi connectivity index (χ2v) is 3.49. The molecular weight excluding hydrogens is 220 g/mol. The number of halogens is 1. The van der Waals surface area contributed by atoms with Crippen molar-refractivity contribution < 1.29 is 10.0 Å². The van der Waals surface area contributed by atoms with Crippen LogP contribution >= 0.6 is 11.6 Å². The Morgan fingerprint density at radius 1 is 1.60 bits per heavy atom. The number of nitro groups is 1. The third kappa shape index (κ3) is 2.89. The molecule has 1 aromatic rings. The number of hydrogen-bond donors (Lipinski definition) is 2. The molecule has 0 aromatic heterocycles. The van der Waals surface area contributed by atoms with Crippen molar-refractivity contribution >= 4 is 17.3 Å². The van der Waals surface area contributed by atoms with Crippen LogP contribution in [0.3, 0.4) is 0 Å². The van der Waals surface area contributed by atoms with E-state index in [1.54, 1.807) is 0 Å². The van der Waals surface area contributed by atoms with Crippen LogP contribution in [-0.4, -0.2) is 16.6 Å². The molecule has 0 aliphatic carbocycles. The van der Waals surface area contributed by atoms with E-state index in [-0.39, 0.29) is 24.2 Å². The van der Waals surface area contributed by atoms with Crippen LogP contribution in [0.1, 0.15) is 18.1 Å². The molecule has 0 aliphatic rings. The first-order valence-corrected chi connectivity index (χ1v) is 4.76. The average Bonchev–Trinajstić information content (AvgIpc) is 2.17. The van der Waals surface area contributed by atoms with E-state index in [4.69, 9.17) is 17.3 Å². The van der Waals surface area contributed by atoms with Crippen LogP contribution in [0, 0.1) is 10.1 Å². The number of benzene rings is 1. The summed E-state index contributed by atoms with van der Waals surface area (Å²) in [6.45, 7) is 0.255. The first kappa shape index (κ1) is 11.9. The van der Waals surface area contributed by atoms with Crippen LogP contribution < -0.4 is 5.73 Å². The Morgan fingerprint density at radius 3 is 2.80 bits per heavy atom.